The molecule has 0 bridgehead atoms. The van der Waals surface area contributed by atoms with E-state index in [-0.39, 0.29) is 5.56 Å². The lowest BCUT2D eigenvalue weighted by Crippen LogP contribution is -2.37. The zero-order chi connectivity index (χ0) is 19.5. The van der Waals surface area contributed by atoms with Crippen LogP contribution in [0.5, 0.6) is 0 Å². The molecular weight excluding hydrogens is 336 g/mol. The summed E-state index contributed by atoms with van der Waals surface area (Å²) >= 11 is 0. The number of aromatic nitrogens is 2. The molecule has 0 aliphatic heterocycles. The average Bonchev–Trinajstić information content (AvgIpc) is 3.06. The van der Waals surface area contributed by atoms with Crippen LogP contribution in [0.4, 0.5) is 0 Å². The molecule has 27 heavy (non-hydrogen) atoms. The lowest BCUT2D eigenvalue weighted by Gasteiger charge is -2.07. The van der Waals surface area contributed by atoms with Gasteiger partial charge in [-0.15, -0.1) is 0 Å². The molecule has 0 saturated carbocycles. The third-order valence-electron chi connectivity index (χ3n) is 5.23. The van der Waals surface area contributed by atoms with Gasteiger partial charge in [-0.05, 0) is 24.5 Å². The molecule has 4 heteroatoms. The second-order valence-electron chi connectivity index (χ2n) is 7.34. The molecule has 4 nitrogen and oxygen atoms in total. The minimum atomic E-state index is -1.12. The minimum Gasteiger partial charge on any atom is -0.545 e. The first-order valence-corrected chi connectivity index (χ1v) is 10.5. The molecule has 0 radical (unpaired) electrons. The van der Waals surface area contributed by atoms with Crippen molar-refractivity contribution in [3.63, 3.8) is 0 Å². The summed E-state index contributed by atoms with van der Waals surface area (Å²) in [4.78, 5) is 10.9. The third-order valence-corrected chi connectivity index (χ3v) is 5.23. The Balaban J connectivity index is 1.87. The van der Waals surface area contributed by atoms with Gasteiger partial charge in [-0.2, -0.15) is 0 Å². The first-order chi connectivity index (χ1) is 13.2. The standard InChI is InChI=1S/C23H34N2O2/c1-3-5-6-7-8-9-10-11-12-22-24(4-2)17-18-25(22)19-20-13-15-21(16-14-20)23(26)27/h13-18H,3-12,19H2,1-2H3. The number of benzene rings is 1. The quantitative estimate of drug-likeness (QED) is 0.397. The van der Waals surface area contributed by atoms with Crippen LogP contribution in [0.1, 0.15) is 87.0 Å². The molecule has 0 aliphatic rings. The maximum Gasteiger partial charge on any atom is 0.256 e. The summed E-state index contributed by atoms with van der Waals surface area (Å²) in [5, 5.41) is 10.9. The number of carboxylic acid groups (broad SMARTS) is 1. The number of unbranched alkanes of at least 4 members (excludes halogenated alkanes) is 7. The van der Waals surface area contributed by atoms with Crippen LogP contribution in [-0.2, 0) is 19.5 Å². The number of rotatable bonds is 13. The number of nitrogens with zero attached hydrogens (tertiary/aromatic N) is 2. The monoisotopic (exact) mass is 370 g/mol. The zero-order valence-electron chi connectivity index (χ0n) is 17.0. The number of aryl methyl sites for hydroxylation is 1. The SMILES string of the molecule is CCCCCCCCCCc1n(CC)cc[n+]1Cc1ccc(C(=O)[O-])cc1. The Morgan fingerprint density at radius 2 is 1.59 bits per heavy atom. The van der Waals surface area contributed by atoms with Gasteiger partial charge in [0.1, 0.15) is 18.9 Å². The molecular formula is C23H34N2O2. The maximum absolute atomic E-state index is 10.9. The average molecular weight is 371 g/mol. The Bertz CT molecular complexity index is 689. The van der Waals surface area contributed by atoms with Crippen molar-refractivity contribution >= 4 is 5.97 Å². The van der Waals surface area contributed by atoms with Crippen LogP contribution in [0.25, 0.3) is 0 Å². The summed E-state index contributed by atoms with van der Waals surface area (Å²) in [5.74, 6) is 0.231. The molecule has 1 aromatic carbocycles. The third kappa shape index (κ3) is 6.85. The van der Waals surface area contributed by atoms with E-state index in [0.717, 1.165) is 25.1 Å². The Kier molecular flexibility index (Phi) is 9.09. The van der Waals surface area contributed by atoms with E-state index in [4.69, 9.17) is 0 Å². The summed E-state index contributed by atoms with van der Waals surface area (Å²) in [5.41, 5.74) is 1.34. The van der Waals surface area contributed by atoms with Crippen LogP contribution in [0.2, 0.25) is 0 Å². The van der Waals surface area contributed by atoms with Crippen molar-refractivity contribution in [1.82, 2.24) is 4.57 Å². The molecule has 0 aliphatic carbocycles. The summed E-state index contributed by atoms with van der Waals surface area (Å²) < 4.78 is 4.61. The highest BCUT2D eigenvalue weighted by molar-refractivity contribution is 5.85. The number of carboxylic acids is 1. The highest BCUT2D eigenvalue weighted by Crippen LogP contribution is 2.11. The van der Waals surface area contributed by atoms with Crippen LogP contribution in [-0.4, -0.2) is 10.5 Å². The van der Waals surface area contributed by atoms with Crippen molar-refractivity contribution in [3.8, 4) is 0 Å². The number of hydrogen-bond donors (Lipinski definition) is 0. The molecule has 0 N–H and O–H groups in total. The predicted molar refractivity (Wildman–Crippen MR) is 106 cm³/mol. The van der Waals surface area contributed by atoms with Gasteiger partial charge in [-0.25, -0.2) is 9.13 Å². The minimum absolute atomic E-state index is 0.231. The predicted octanol–water partition coefficient (Wildman–Crippen LogP) is 3.89. The molecule has 0 fully saturated rings. The zero-order valence-corrected chi connectivity index (χ0v) is 17.0. The van der Waals surface area contributed by atoms with E-state index < -0.39 is 5.97 Å². The van der Waals surface area contributed by atoms with Gasteiger partial charge >= 0.3 is 0 Å². The molecule has 0 saturated heterocycles. The maximum atomic E-state index is 10.9. The Labute approximate surface area is 163 Å². The van der Waals surface area contributed by atoms with E-state index in [9.17, 15) is 9.90 Å². The van der Waals surface area contributed by atoms with Gasteiger partial charge in [0.05, 0.1) is 12.5 Å². The Hall–Kier alpha value is -2.10. The van der Waals surface area contributed by atoms with Gasteiger partial charge < -0.3 is 9.90 Å². The number of carbonyl (C=O) groups excluding carboxylic acids is 1. The fourth-order valence-electron chi connectivity index (χ4n) is 3.58. The van der Waals surface area contributed by atoms with E-state index in [1.807, 2.05) is 12.1 Å². The summed E-state index contributed by atoms with van der Waals surface area (Å²) in [6, 6.07) is 7.00. The topological polar surface area (TPSA) is 48.9 Å². The lowest BCUT2D eigenvalue weighted by molar-refractivity contribution is -0.695. The molecule has 2 aromatic rings. The van der Waals surface area contributed by atoms with E-state index in [2.05, 4.69) is 35.4 Å². The van der Waals surface area contributed by atoms with Crippen molar-refractivity contribution in [2.45, 2.75) is 84.7 Å². The second kappa shape index (κ2) is 11.6. The number of imidazole rings is 1. The van der Waals surface area contributed by atoms with Crippen LogP contribution in [0.15, 0.2) is 36.7 Å². The first-order valence-electron chi connectivity index (χ1n) is 10.5. The van der Waals surface area contributed by atoms with Gasteiger partial charge in [-0.1, -0.05) is 76.1 Å². The van der Waals surface area contributed by atoms with E-state index in [1.165, 1.54) is 57.2 Å². The lowest BCUT2D eigenvalue weighted by atomic mass is 10.1. The van der Waals surface area contributed by atoms with Crippen molar-refractivity contribution in [2.24, 2.45) is 0 Å². The summed E-state index contributed by atoms with van der Waals surface area (Å²) in [6.07, 6.45) is 16.0. The fraction of sp³-hybridized carbons (Fsp3) is 0.565. The molecule has 1 aromatic heterocycles. The number of carbonyl (C=O) groups is 1. The Morgan fingerprint density at radius 1 is 0.963 bits per heavy atom. The van der Waals surface area contributed by atoms with Gasteiger partial charge in [0.2, 0.25) is 0 Å². The summed E-state index contributed by atoms with van der Waals surface area (Å²) in [7, 11) is 0. The number of aromatic carboxylic acids is 1. The molecule has 1 heterocycles. The van der Waals surface area contributed by atoms with Gasteiger partial charge in [0.15, 0.2) is 0 Å². The van der Waals surface area contributed by atoms with Gasteiger partial charge in [0, 0.05) is 6.42 Å². The van der Waals surface area contributed by atoms with Crippen LogP contribution >= 0.6 is 0 Å². The van der Waals surface area contributed by atoms with Crippen LogP contribution < -0.4 is 9.67 Å². The normalized spacial score (nSPS) is 11.0. The number of hydrogen-bond acceptors (Lipinski definition) is 2. The van der Waals surface area contributed by atoms with Crippen molar-refractivity contribution in [3.05, 3.63) is 53.6 Å². The largest absolute Gasteiger partial charge is 0.545 e. The highest BCUT2D eigenvalue weighted by atomic mass is 16.4. The van der Waals surface area contributed by atoms with Crippen molar-refractivity contribution in [2.75, 3.05) is 0 Å². The van der Waals surface area contributed by atoms with E-state index in [0.29, 0.717) is 0 Å². The van der Waals surface area contributed by atoms with Crippen molar-refractivity contribution in [1.29, 1.82) is 0 Å². The molecule has 0 spiro atoms. The van der Waals surface area contributed by atoms with E-state index in [1.54, 1.807) is 12.1 Å². The highest BCUT2D eigenvalue weighted by Gasteiger charge is 2.16. The molecule has 0 unspecified atom stereocenters. The van der Waals surface area contributed by atoms with Gasteiger partial charge in [0.25, 0.3) is 5.82 Å². The molecule has 0 amide bonds. The summed E-state index contributed by atoms with van der Waals surface area (Å²) in [6.45, 7) is 6.18. The molecule has 2 rings (SSSR count). The fourth-order valence-corrected chi connectivity index (χ4v) is 3.58. The van der Waals surface area contributed by atoms with Crippen molar-refractivity contribution < 1.29 is 14.5 Å². The first kappa shape index (κ1) is 21.2. The second-order valence-corrected chi connectivity index (χ2v) is 7.34. The molecule has 148 valence electrons. The molecule has 0 atom stereocenters. The van der Waals surface area contributed by atoms with Crippen LogP contribution in [0, 0.1) is 0 Å². The van der Waals surface area contributed by atoms with Crippen LogP contribution in [0.3, 0.4) is 0 Å². The van der Waals surface area contributed by atoms with Gasteiger partial charge in [-0.3, -0.25) is 0 Å². The van der Waals surface area contributed by atoms with E-state index >= 15 is 0 Å². The Morgan fingerprint density at radius 3 is 2.19 bits per heavy atom. The smallest absolute Gasteiger partial charge is 0.256 e.